The van der Waals surface area contributed by atoms with E-state index in [1.165, 1.54) is 5.56 Å². The van der Waals surface area contributed by atoms with Crippen LogP contribution in [0.5, 0.6) is 0 Å². The van der Waals surface area contributed by atoms with E-state index in [4.69, 9.17) is 5.73 Å². The number of rotatable bonds is 4. The Bertz CT molecular complexity index is 354. The Balaban J connectivity index is 2.08. The zero-order chi connectivity index (χ0) is 12.3. The molecule has 1 aliphatic rings. The van der Waals surface area contributed by atoms with E-state index in [0.717, 1.165) is 25.9 Å². The van der Waals surface area contributed by atoms with E-state index in [0.29, 0.717) is 6.54 Å². The minimum atomic E-state index is -0.594. The molecular formula is C14H22N2O. The smallest absolute Gasteiger partial charge is 0.0824 e. The van der Waals surface area contributed by atoms with Crippen molar-refractivity contribution in [3.63, 3.8) is 0 Å². The second kappa shape index (κ2) is 5.17. The Morgan fingerprint density at radius 1 is 1.41 bits per heavy atom. The Kier molecular flexibility index (Phi) is 3.82. The topological polar surface area (TPSA) is 49.5 Å². The molecule has 1 saturated heterocycles. The molecule has 0 aromatic heterocycles. The Hall–Kier alpha value is -0.900. The molecule has 94 valence electrons. The Morgan fingerprint density at radius 2 is 2.12 bits per heavy atom. The van der Waals surface area contributed by atoms with Crippen molar-refractivity contribution in [2.75, 3.05) is 13.1 Å². The Labute approximate surface area is 103 Å². The number of hydrogen-bond donors (Lipinski definition) is 2. The number of nitrogens with two attached hydrogens (primary N) is 1. The van der Waals surface area contributed by atoms with Gasteiger partial charge in [-0.1, -0.05) is 37.3 Å². The molecule has 3 heteroatoms. The van der Waals surface area contributed by atoms with Crippen molar-refractivity contribution < 1.29 is 5.11 Å². The maximum absolute atomic E-state index is 10.5. The summed E-state index contributed by atoms with van der Waals surface area (Å²) in [4.78, 5) is 2.30. The van der Waals surface area contributed by atoms with Crippen molar-refractivity contribution in [1.82, 2.24) is 4.90 Å². The van der Waals surface area contributed by atoms with E-state index in [1.54, 1.807) is 0 Å². The lowest BCUT2D eigenvalue weighted by Crippen LogP contribution is -2.48. The molecule has 0 bridgehead atoms. The van der Waals surface area contributed by atoms with Gasteiger partial charge in [0.15, 0.2) is 0 Å². The molecule has 1 aliphatic heterocycles. The molecule has 0 saturated carbocycles. The van der Waals surface area contributed by atoms with Crippen LogP contribution in [-0.2, 0) is 6.54 Å². The lowest BCUT2D eigenvalue weighted by molar-refractivity contribution is 0.00202. The van der Waals surface area contributed by atoms with E-state index in [-0.39, 0.29) is 6.04 Å². The molecule has 2 atom stereocenters. The second-order valence-corrected chi connectivity index (χ2v) is 4.91. The average molecular weight is 234 g/mol. The normalized spacial score (nSPS) is 29.7. The molecule has 0 amide bonds. The first kappa shape index (κ1) is 12.6. The number of likely N-dealkylation sites (tertiary alicyclic amines) is 1. The summed E-state index contributed by atoms with van der Waals surface area (Å²) >= 11 is 0. The van der Waals surface area contributed by atoms with E-state index in [9.17, 15) is 5.11 Å². The summed E-state index contributed by atoms with van der Waals surface area (Å²) < 4.78 is 0. The molecule has 17 heavy (non-hydrogen) atoms. The van der Waals surface area contributed by atoms with Crippen LogP contribution in [0.25, 0.3) is 0 Å². The van der Waals surface area contributed by atoms with Crippen LogP contribution in [0.3, 0.4) is 0 Å². The standard InChI is InChI=1S/C14H22N2O/c1-2-14(17)8-9-16(13(14)10-15)11-12-6-4-3-5-7-12/h3-7,13,17H,2,8-11,15H2,1H3. The van der Waals surface area contributed by atoms with Gasteiger partial charge in [-0.05, 0) is 18.4 Å². The summed E-state index contributed by atoms with van der Waals surface area (Å²) in [5.41, 5.74) is 6.52. The van der Waals surface area contributed by atoms with Crippen LogP contribution in [0.4, 0.5) is 0 Å². The van der Waals surface area contributed by atoms with Crippen molar-refractivity contribution in [2.45, 2.75) is 38.0 Å². The lowest BCUT2D eigenvalue weighted by atomic mass is 9.91. The quantitative estimate of drug-likeness (QED) is 0.827. The molecular weight excluding hydrogens is 212 g/mol. The van der Waals surface area contributed by atoms with Crippen LogP contribution < -0.4 is 5.73 Å². The van der Waals surface area contributed by atoms with E-state index < -0.39 is 5.60 Å². The van der Waals surface area contributed by atoms with Crippen molar-refractivity contribution in [3.8, 4) is 0 Å². The van der Waals surface area contributed by atoms with Crippen molar-refractivity contribution in [2.24, 2.45) is 5.73 Å². The Morgan fingerprint density at radius 3 is 2.71 bits per heavy atom. The summed E-state index contributed by atoms with van der Waals surface area (Å²) in [6.07, 6.45) is 1.61. The van der Waals surface area contributed by atoms with Crippen LogP contribution in [0, 0.1) is 0 Å². The fraction of sp³-hybridized carbons (Fsp3) is 0.571. The lowest BCUT2D eigenvalue weighted by Gasteiger charge is -2.32. The van der Waals surface area contributed by atoms with Crippen LogP contribution in [0.2, 0.25) is 0 Å². The van der Waals surface area contributed by atoms with Crippen molar-refractivity contribution >= 4 is 0 Å². The molecule has 2 unspecified atom stereocenters. The van der Waals surface area contributed by atoms with Gasteiger partial charge in [0.25, 0.3) is 0 Å². The third-order valence-corrected chi connectivity index (χ3v) is 3.96. The first-order valence-corrected chi connectivity index (χ1v) is 6.40. The maximum atomic E-state index is 10.5. The van der Waals surface area contributed by atoms with Gasteiger partial charge in [0, 0.05) is 19.6 Å². The van der Waals surface area contributed by atoms with Crippen LogP contribution in [0.1, 0.15) is 25.3 Å². The third kappa shape index (κ3) is 2.51. The van der Waals surface area contributed by atoms with Gasteiger partial charge in [-0.15, -0.1) is 0 Å². The van der Waals surface area contributed by atoms with Crippen molar-refractivity contribution in [1.29, 1.82) is 0 Å². The molecule has 3 nitrogen and oxygen atoms in total. The zero-order valence-corrected chi connectivity index (χ0v) is 10.5. The van der Waals surface area contributed by atoms with Gasteiger partial charge in [0.2, 0.25) is 0 Å². The molecule has 3 N–H and O–H groups in total. The van der Waals surface area contributed by atoms with Gasteiger partial charge in [0.1, 0.15) is 0 Å². The van der Waals surface area contributed by atoms with Crippen LogP contribution in [0.15, 0.2) is 30.3 Å². The highest BCUT2D eigenvalue weighted by Crippen LogP contribution is 2.31. The fourth-order valence-electron chi connectivity index (χ4n) is 2.79. The molecule has 0 radical (unpaired) electrons. The third-order valence-electron chi connectivity index (χ3n) is 3.96. The van der Waals surface area contributed by atoms with Crippen LogP contribution in [-0.4, -0.2) is 34.7 Å². The van der Waals surface area contributed by atoms with Crippen LogP contribution >= 0.6 is 0 Å². The van der Waals surface area contributed by atoms with Gasteiger partial charge in [-0.2, -0.15) is 0 Å². The number of hydrogen-bond acceptors (Lipinski definition) is 3. The van der Waals surface area contributed by atoms with E-state index in [1.807, 2.05) is 13.0 Å². The maximum Gasteiger partial charge on any atom is 0.0824 e. The second-order valence-electron chi connectivity index (χ2n) is 4.91. The summed E-state index contributed by atoms with van der Waals surface area (Å²) in [5.74, 6) is 0. The molecule has 0 aliphatic carbocycles. The van der Waals surface area contributed by atoms with E-state index in [2.05, 4.69) is 29.2 Å². The highest BCUT2D eigenvalue weighted by Gasteiger charge is 2.43. The first-order chi connectivity index (χ1) is 8.19. The molecule has 2 rings (SSSR count). The monoisotopic (exact) mass is 234 g/mol. The first-order valence-electron chi connectivity index (χ1n) is 6.40. The average Bonchev–Trinajstić information content (AvgIpc) is 2.68. The molecule has 1 aromatic carbocycles. The SMILES string of the molecule is CCC1(O)CCN(Cc2ccccc2)C1CN. The predicted molar refractivity (Wildman–Crippen MR) is 69.6 cm³/mol. The number of benzene rings is 1. The highest BCUT2D eigenvalue weighted by molar-refractivity contribution is 5.15. The molecule has 1 aromatic rings. The van der Waals surface area contributed by atoms with Gasteiger partial charge in [-0.3, -0.25) is 4.90 Å². The van der Waals surface area contributed by atoms with Gasteiger partial charge in [0.05, 0.1) is 11.6 Å². The number of nitrogens with zero attached hydrogens (tertiary/aromatic N) is 1. The highest BCUT2D eigenvalue weighted by atomic mass is 16.3. The summed E-state index contributed by atoms with van der Waals surface area (Å²) in [5, 5.41) is 10.5. The largest absolute Gasteiger partial charge is 0.388 e. The molecule has 1 fully saturated rings. The molecule has 1 heterocycles. The summed E-state index contributed by atoms with van der Waals surface area (Å²) in [6.45, 7) is 4.37. The van der Waals surface area contributed by atoms with Gasteiger partial charge >= 0.3 is 0 Å². The van der Waals surface area contributed by atoms with Gasteiger partial charge < -0.3 is 10.8 Å². The van der Waals surface area contributed by atoms with Gasteiger partial charge in [-0.25, -0.2) is 0 Å². The summed E-state index contributed by atoms with van der Waals surface area (Å²) in [7, 11) is 0. The molecule has 0 spiro atoms. The number of aliphatic hydroxyl groups is 1. The minimum Gasteiger partial charge on any atom is -0.388 e. The fourth-order valence-corrected chi connectivity index (χ4v) is 2.79. The predicted octanol–water partition coefficient (Wildman–Crippen LogP) is 1.36. The zero-order valence-electron chi connectivity index (χ0n) is 10.5. The minimum absolute atomic E-state index is 0.0905. The van der Waals surface area contributed by atoms with Crippen molar-refractivity contribution in [3.05, 3.63) is 35.9 Å². The van der Waals surface area contributed by atoms with E-state index >= 15 is 0 Å². The summed E-state index contributed by atoms with van der Waals surface area (Å²) in [6, 6.07) is 10.5.